The Balaban J connectivity index is 1.88. The minimum absolute atomic E-state index is 0.0281. The lowest BCUT2D eigenvalue weighted by Gasteiger charge is -2.29. The molecule has 3 rings (SSSR count). The third-order valence-corrected chi connectivity index (χ3v) is 4.45. The molecular weight excluding hydrogens is 252 g/mol. The first-order chi connectivity index (χ1) is 9.72. The van der Waals surface area contributed by atoms with Crippen molar-refractivity contribution in [3.05, 3.63) is 36.1 Å². The van der Waals surface area contributed by atoms with E-state index in [0.717, 1.165) is 30.2 Å². The van der Waals surface area contributed by atoms with Gasteiger partial charge in [0.05, 0.1) is 5.56 Å². The quantitative estimate of drug-likeness (QED) is 0.934. The fourth-order valence-electron chi connectivity index (χ4n) is 3.29. The van der Waals surface area contributed by atoms with Gasteiger partial charge in [-0.15, -0.1) is 0 Å². The Labute approximate surface area is 118 Å². The molecule has 2 atom stereocenters. The van der Waals surface area contributed by atoms with Gasteiger partial charge in [-0.3, -0.25) is 4.79 Å². The molecule has 1 aliphatic carbocycles. The summed E-state index contributed by atoms with van der Waals surface area (Å²) in [6.07, 6.45) is 4.87. The molecule has 2 N–H and O–H groups in total. The number of fused-ring (bicyclic) bond motifs is 1. The Morgan fingerprint density at radius 3 is 3.00 bits per heavy atom. The molecular formula is C16H20N2O2. The predicted octanol–water partition coefficient (Wildman–Crippen LogP) is 2.63. The van der Waals surface area contributed by atoms with Gasteiger partial charge < -0.3 is 15.1 Å². The summed E-state index contributed by atoms with van der Waals surface area (Å²) in [6.45, 7) is 0.647. The van der Waals surface area contributed by atoms with Gasteiger partial charge in [0.25, 0.3) is 5.91 Å². The second-order valence-corrected chi connectivity index (χ2v) is 5.56. The standard InChI is InChI=1S/C16H20N2O2/c1-18(14-7-4-5-11(14)9-17)16(19)13-10-20-15-8-3-2-6-12(13)15/h2-3,6,8,10-11,14H,4-5,7,9,17H2,1H3. The van der Waals surface area contributed by atoms with Crippen LogP contribution in [-0.2, 0) is 0 Å². The summed E-state index contributed by atoms with van der Waals surface area (Å²) in [6, 6.07) is 7.89. The number of hydrogen-bond donors (Lipinski definition) is 1. The third-order valence-electron chi connectivity index (χ3n) is 4.45. The van der Waals surface area contributed by atoms with E-state index in [9.17, 15) is 4.79 Å². The van der Waals surface area contributed by atoms with Crippen LogP contribution in [0.1, 0.15) is 29.6 Å². The largest absolute Gasteiger partial charge is 0.463 e. The number of benzene rings is 1. The van der Waals surface area contributed by atoms with Gasteiger partial charge in [0.15, 0.2) is 0 Å². The third kappa shape index (κ3) is 2.10. The number of rotatable bonds is 3. The SMILES string of the molecule is CN(C(=O)c1coc2ccccc12)C1CCCC1CN. The van der Waals surface area contributed by atoms with E-state index < -0.39 is 0 Å². The normalized spacial score (nSPS) is 22.3. The Morgan fingerprint density at radius 2 is 2.20 bits per heavy atom. The molecule has 0 bridgehead atoms. The zero-order valence-electron chi connectivity index (χ0n) is 11.7. The summed E-state index contributed by atoms with van der Waals surface area (Å²) in [5, 5.41) is 0.881. The van der Waals surface area contributed by atoms with Crippen molar-refractivity contribution in [2.45, 2.75) is 25.3 Å². The van der Waals surface area contributed by atoms with E-state index in [4.69, 9.17) is 10.2 Å². The average molecular weight is 272 g/mol. The fraction of sp³-hybridized carbons (Fsp3) is 0.438. The van der Waals surface area contributed by atoms with E-state index >= 15 is 0 Å². The van der Waals surface area contributed by atoms with Gasteiger partial charge >= 0.3 is 0 Å². The zero-order chi connectivity index (χ0) is 14.1. The van der Waals surface area contributed by atoms with Crippen LogP contribution >= 0.6 is 0 Å². The van der Waals surface area contributed by atoms with Crippen LogP contribution in [0, 0.1) is 5.92 Å². The number of furan rings is 1. The highest BCUT2D eigenvalue weighted by Gasteiger charge is 2.32. The summed E-state index contributed by atoms with van der Waals surface area (Å²) in [5.74, 6) is 0.447. The number of nitrogens with two attached hydrogens (primary N) is 1. The second-order valence-electron chi connectivity index (χ2n) is 5.56. The van der Waals surface area contributed by atoms with Crippen LogP contribution in [-0.4, -0.2) is 30.4 Å². The minimum atomic E-state index is 0.0281. The average Bonchev–Trinajstić information content (AvgIpc) is 3.12. The highest BCUT2D eigenvalue weighted by atomic mass is 16.3. The van der Waals surface area contributed by atoms with Crippen molar-refractivity contribution in [2.24, 2.45) is 11.7 Å². The van der Waals surface area contributed by atoms with Crippen molar-refractivity contribution >= 4 is 16.9 Å². The van der Waals surface area contributed by atoms with Crippen LogP contribution in [0.25, 0.3) is 11.0 Å². The maximum absolute atomic E-state index is 12.7. The Kier molecular flexibility index (Phi) is 3.49. The maximum atomic E-state index is 12.7. The van der Waals surface area contributed by atoms with Gasteiger partial charge in [-0.25, -0.2) is 0 Å². The Hall–Kier alpha value is -1.81. The molecule has 106 valence electrons. The van der Waals surface area contributed by atoms with Crippen molar-refractivity contribution in [3.8, 4) is 0 Å². The molecule has 0 spiro atoms. The fourth-order valence-corrected chi connectivity index (χ4v) is 3.29. The number of nitrogens with zero attached hydrogens (tertiary/aromatic N) is 1. The maximum Gasteiger partial charge on any atom is 0.257 e. The van der Waals surface area contributed by atoms with Gasteiger partial charge in [-0.2, -0.15) is 0 Å². The van der Waals surface area contributed by atoms with E-state index in [-0.39, 0.29) is 11.9 Å². The van der Waals surface area contributed by atoms with Crippen LogP contribution in [0.5, 0.6) is 0 Å². The molecule has 2 unspecified atom stereocenters. The molecule has 0 aliphatic heterocycles. The van der Waals surface area contributed by atoms with Gasteiger partial charge in [0.1, 0.15) is 11.8 Å². The number of amides is 1. The van der Waals surface area contributed by atoms with Crippen molar-refractivity contribution in [1.29, 1.82) is 0 Å². The minimum Gasteiger partial charge on any atom is -0.463 e. The zero-order valence-corrected chi connectivity index (χ0v) is 11.7. The van der Waals surface area contributed by atoms with Gasteiger partial charge in [-0.1, -0.05) is 24.6 Å². The predicted molar refractivity (Wildman–Crippen MR) is 78.5 cm³/mol. The topological polar surface area (TPSA) is 59.5 Å². The van der Waals surface area contributed by atoms with Crippen LogP contribution < -0.4 is 5.73 Å². The van der Waals surface area contributed by atoms with E-state index in [1.54, 1.807) is 6.26 Å². The van der Waals surface area contributed by atoms with E-state index in [2.05, 4.69) is 0 Å². The number of hydrogen-bond acceptors (Lipinski definition) is 3. The van der Waals surface area contributed by atoms with Crippen molar-refractivity contribution < 1.29 is 9.21 Å². The summed E-state index contributed by atoms with van der Waals surface area (Å²) in [5.41, 5.74) is 7.21. The summed E-state index contributed by atoms with van der Waals surface area (Å²) >= 11 is 0. The molecule has 1 amide bonds. The number of carbonyl (C=O) groups is 1. The van der Waals surface area contributed by atoms with E-state index in [1.165, 1.54) is 0 Å². The summed E-state index contributed by atoms with van der Waals surface area (Å²) < 4.78 is 5.46. The van der Waals surface area contributed by atoms with Gasteiger partial charge in [0, 0.05) is 18.5 Å². The first kappa shape index (κ1) is 13.2. The molecule has 20 heavy (non-hydrogen) atoms. The van der Waals surface area contributed by atoms with Gasteiger partial charge in [0.2, 0.25) is 0 Å². The summed E-state index contributed by atoms with van der Waals surface area (Å²) in [4.78, 5) is 14.5. The Morgan fingerprint density at radius 1 is 1.40 bits per heavy atom. The first-order valence-electron chi connectivity index (χ1n) is 7.16. The molecule has 1 fully saturated rings. The molecule has 1 saturated carbocycles. The Bertz CT molecular complexity index is 620. The summed E-state index contributed by atoms with van der Waals surface area (Å²) in [7, 11) is 1.88. The lowest BCUT2D eigenvalue weighted by atomic mass is 10.0. The van der Waals surface area contributed by atoms with Crippen LogP contribution in [0.2, 0.25) is 0 Å². The molecule has 4 heteroatoms. The van der Waals surface area contributed by atoms with Crippen LogP contribution in [0.4, 0.5) is 0 Å². The van der Waals surface area contributed by atoms with Gasteiger partial charge in [-0.05, 0) is 31.4 Å². The number of para-hydroxylation sites is 1. The molecule has 1 aromatic heterocycles. The van der Waals surface area contributed by atoms with Crippen LogP contribution in [0.15, 0.2) is 34.9 Å². The molecule has 4 nitrogen and oxygen atoms in total. The molecule has 1 aromatic carbocycles. The van der Waals surface area contributed by atoms with Crippen molar-refractivity contribution in [3.63, 3.8) is 0 Å². The van der Waals surface area contributed by atoms with Crippen molar-refractivity contribution in [2.75, 3.05) is 13.6 Å². The lowest BCUT2D eigenvalue weighted by Crippen LogP contribution is -2.41. The monoisotopic (exact) mass is 272 g/mol. The molecule has 1 heterocycles. The second kappa shape index (κ2) is 5.29. The number of carbonyl (C=O) groups excluding carboxylic acids is 1. The molecule has 0 radical (unpaired) electrons. The molecule has 1 aliphatic rings. The highest BCUT2D eigenvalue weighted by molar-refractivity contribution is 6.05. The highest BCUT2D eigenvalue weighted by Crippen LogP contribution is 2.30. The van der Waals surface area contributed by atoms with Crippen molar-refractivity contribution in [1.82, 2.24) is 4.90 Å². The smallest absolute Gasteiger partial charge is 0.257 e. The molecule has 0 saturated heterocycles. The first-order valence-corrected chi connectivity index (χ1v) is 7.16. The van der Waals surface area contributed by atoms with E-state index in [1.807, 2.05) is 36.2 Å². The van der Waals surface area contributed by atoms with E-state index in [0.29, 0.717) is 18.0 Å². The lowest BCUT2D eigenvalue weighted by molar-refractivity contribution is 0.0701. The molecule has 2 aromatic rings. The van der Waals surface area contributed by atoms with Crippen LogP contribution in [0.3, 0.4) is 0 Å².